The second-order valence-corrected chi connectivity index (χ2v) is 6.76. The summed E-state index contributed by atoms with van der Waals surface area (Å²) >= 11 is 0. The van der Waals surface area contributed by atoms with Gasteiger partial charge in [0.05, 0.1) is 0 Å². The largest absolute Gasteiger partial charge is 0.337 e. The average Bonchev–Trinajstić information content (AvgIpc) is 3.10. The van der Waals surface area contributed by atoms with Crippen LogP contribution in [0.25, 0.3) is 0 Å². The lowest BCUT2D eigenvalue weighted by Crippen LogP contribution is -2.41. The number of likely N-dealkylation sites (N-methyl/N-ethyl adjacent to an activating group) is 1. The second-order valence-electron chi connectivity index (χ2n) is 6.76. The van der Waals surface area contributed by atoms with Gasteiger partial charge in [0.15, 0.2) is 0 Å². The van der Waals surface area contributed by atoms with Crippen molar-refractivity contribution in [1.29, 1.82) is 0 Å². The van der Waals surface area contributed by atoms with E-state index >= 15 is 0 Å². The Hall–Kier alpha value is -1.59. The van der Waals surface area contributed by atoms with E-state index in [-0.39, 0.29) is 24.4 Å². The van der Waals surface area contributed by atoms with E-state index in [1.807, 2.05) is 0 Å². The van der Waals surface area contributed by atoms with E-state index < -0.39 is 0 Å². The number of hydrogen-bond acceptors (Lipinski definition) is 3. The standard InChI is InChI=1S/C16H25N3O3/c1-17-11-15(21)18(16(17)22)10-4-7-14(20)19(13-8-9-13)12-5-2-3-6-12/h12-13H,2-11H2,1H3. The summed E-state index contributed by atoms with van der Waals surface area (Å²) in [5.74, 6) is 0.0524. The fraction of sp³-hybridized carbons (Fsp3) is 0.812. The van der Waals surface area contributed by atoms with E-state index in [1.165, 1.54) is 22.6 Å². The minimum atomic E-state index is -0.243. The summed E-state index contributed by atoms with van der Waals surface area (Å²) in [5.41, 5.74) is 0. The Labute approximate surface area is 131 Å². The van der Waals surface area contributed by atoms with Gasteiger partial charge in [-0.05, 0) is 32.1 Å². The number of urea groups is 1. The molecule has 22 heavy (non-hydrogen) atoms. The highest BCUT2D eigenvalue weighted by atomic mass is 16.2. The first-order valence-electron chi connectivity index (χ1n) is 8.44. The van der Waals surface area contributed by atoms with Crippen molar-refractivity contribution in [2.24, 2.45) is 0 Å². The van der Waals surface area contributed by atoms with E-state index in [1.54, 1.807) is 7.05 Å². The number of nitrogens with zero attached hydrogens (tertiary/aromatic N) is 3. The Kier molecular flexibility index (Phi) is 4.36. The van der Waals surface area contributed by atoms with Crippen molar-refractivity contribution in [2.75, 3.05) is 20.1 Å². The molecule has 1 saturated heterocycles. The predicted octanol–water partition coefficient (Wildman–Crippen LogP) is 1.59. The molecule has 0 spiro atoms. The monoisotopic (exact) mass is 307 g/mol. The number of hydrogen-bond donors (Lipinski definition) is 0. The quantitative estimate of drug-likeness (QED) is 0.700. The van der Waals surface area contributed by atoms with Gasteiger partial charge in [0.25, 0.3) is 0 Å². The zero-order chi connectivity index (χ0) is 15.7. The van der Waals surface area contributed by atoms with Crippen LogP contribution in [0.3, 0.4) is 0 Å². The van der Waals surface area contributed by atoms with Crippen LogP contribution in [0.1, 0.15) is 51.4 Å². The van der Waals surface area contributed by atoms with Gasteiger partial charge in [-0.25, -0.2) is 4.79 Å². The van der Waals surface area contributed by atoms with Crippen molar-refractivity contribution in [3.05, 3.63) is 0 Å². The van der Waals surface area contributed by atoms with Crippen LogP contribution in [-0.4, -0.2) is 64.8 Å². The normalized spacial score (nSPS) is 22.8. The topological polar surface area (TPSA) is 60.9 Å². The summed E-state index contributed by atoms with van der Waals surface area (Å²) in [6.07, 6.45) is 8.00. The van der Waals surface area contributed by atoms with E-state index in [9.17, 15) is 14.4 Å². The van der Waals surface area contributed by atoms with Crippen LogP contribution < -0.4 is 0 Å². The van der Waals surface area contributed by atoms with Gasteiger partial charge >= 0.3 is 6.03 Å². The van der Waals surface area contributed by atoms with E-state index in [2.05, 4.69) is 4.90 Å². The third kappa shape index (κ3) is 3.10. The van der Waals surface area contributed by atoms with Crippen LogP contribution in [-0.2, 0) is 9.59 Å². The summed E-state index contributed by atoms with van der Waals surface area (Å²) in [5, 5.41) is 0. The van der Waals surface area contributed by atoms with Gasteiger partial charge in [0, 0.05) is 32.1 Å². The van der Waals surface area contributed by atoms with Crippen LogP contribution in [0, 0.1) is 0 Å². The number of rotatable bonds is 6. The molecular weight excluding hydrogens is 282 g/mol. The molecule has 1 heterocycles. The first-order valence-corrected chi connectivity index (χ1v) is 8.44. The van der Waals surface area contributed by atoms with E-state index in [0.717, 1.165) is 25.7 Å². The zero-order valence-corrected chi connectivity index (χ0v) is 13.3. The zero-order valence-electron chi connectivity index (χ0n) is 13.3. The maximum Gasteiger partial charge on any atom is 0.326 e. The number of amides is 4. The van der Waals surface area contributed by atoms with Gasteiger partial charge in [0.1, 0.15) is 6.54 Å². The molecule has 0 aromatic rings. The molecule has 0 bridgehead atoms. The summed E-state index contributed by atoms with van der Waals surface area (Å²) in [6, 6.07) is 0.644. The van der Waals surface area contributed by atoms with Crippen molar-refractivity contribution in [2.45, 2.75) is 63.5 Å². The molecule has 122 valence electrons. The Balaban J connectivity index is 1.49. The molecule has 0 aromatic carbocycles. The fourth-order valence-electron chi connectivity index (χ4n) is 3.65. The highest BCUT2D eigenvalue weighted by molar-refractivity contribution is 6.01. The molecular formula is C16H25N3O3. The Morgan fingerprint density at radius 1 is 1.14 bits per heavy atom. The van der Waals surface area contributed by atoms with Crippen molar-refractivity contribution < 1.29 is 14.4 Å². The molecule has 0 radical (unpaired) electrons. The molecule has 1 aliphatic heterocycles. The maximum absolute atomic E-state index is 12.5. The number of carbonyl (C=O) groups is 3. The molecule has 0 atom stereocenters. The first kappa shape index (κ1) is 15.3. The van der Waals surface area contributed by atoms with E-state index in [4.69, 9.17) is 0 Å². The van der Waals surface area contributed by atoms with E-state index in [0.29, 0.717) is 31.5 Å². The Bertz CT molecular complexity index is 469. The molecule has 3 fully saturated rings. The van der Waals surface area contributed by atoms with Crippen LogP contribution in [0.2, 0.25) is 0 Å². The molecule has 4 amide bonds. The molecule has 2 saturated carbocycles. The van der Waals surface area contributed by atoms with Gasteiger partial charge in [-0.3, -0.25) is 14.5 Å². The SMILES string of the molecule is CN1CC(=O)N(CCCC(=O)N(C2CCCC2)C2CC2)C1=O. The fourth-order valence-corrected chi connectivity index (χ4v) is 3.65. The van der Waals surface area contributed by atoms with Crippen LogP contribution in [0.15, 0.2) is 0 Å². The molecule has 0 unspecified atom stereocenters. The lowest BCUT2D eigenvalue weighted by molar-refractivity contribution is -0.134. The van der Waals surface area contributed by atoms with Crippen LogP contribution in [0.4, 0.5) is 4.79 Å². The molecule has 0 N–H and O–H groups in total. The first-order chi connectivity index (χ1) is 10.6. The maximum atomic E-state index is 12.5. The smallest absolute Gasteiger partial charge is 0.326 e. The summed E-state index contributed by atoms with van der Waals surface area (Å²) in [4.78, 5) is 40.8. The van der Waals surface area contributed by atoms with Crippen LogP contribution in [0.5, 0.6) is 0 Å². The molecule has 6 nitrogen and oxygen atoms in total. The molecule has 0 aromatic heterocycles. The Morgan fingerprint density at radius 2 is 1.77 bits per heavy atom. The van der Waals surface area contributed by atoms with Gasteiger partial charge in [0.2, 0.25) is 11.8 Å². The Morgan fingerprint density at radius 3 is 2.32 bits per heavy atom. The van der Waals surface area contributed by atoms with Crippen molar-refractivity contribution >= 4 is 17.8 Å². The highest BCUT2D eigenvalue weighted by Crippen LogP contribution is 2.35. The average molecular weight is 307 g/mol. The highest BCUT2D eigenvalue weighted by Gasteiger charge is 2.38. The second kappa shape index (κ2) is 6.26. The van der Waals surface area contributed by atoms with Crippen molar-refractivity contribution in [3.8, 4) is 0 Å². The molecule has 3 rings (SSSR count). The minimum absolute atomic E-state index is 0.156. The molecule has 3 aliphatic rings. The third-order valence-electron chi connectivity index (χ3n) is 4.95. The van der Waals surface area contributed by atoms with Gasteiger partial charge in [-0.2, -0.15) is 0 Å². The molecule has 6 heteroatoms. The molecule has 2 aliphatic carbocycles. The number of carbonyl (C=O) groups excluding carboxylic acids is 3. The lowest BCUT2D eigenvalue weighted by Gasteiger charge is -2.29. The van der Waals surface area contributed by atoms with Crippen molar-refractivity contribution in [3.63, 3.8) is 0 Å². The number of imide groups is 1. The summed E-state index contributed by atoms with van der Waals surface area (Å²) in [6.45, 7) is 0.514. The lowest BCUT2D eigenvalue weighted by atomic mass is 10.1. The predicted molar refractivity (Wildman–Crippen MR) is 81.1 cm³/mol. The van der Waals surface area contributed by atoms with Gasteiger partial charge in [-0.15, -0.1) is 0 Å². The minimum Gasteiger partial charge on any atom is -0.337 e. The summed E-state index contributed by atoms with van der Waals surface area (Å²) in [7, 11) is 1.63. The van der Waals surface area contributed by atoms with Crippen molar-refractivity contribution in [1.82, 2.24) is 14.7 Å². The third-order valence-corrected chi connectivity index (χ3v) is 4.95. The van der Waals surface area contributed by atoms with Gasteiger partial charge < -0.3 is 9.80 Å². The summed E-state index contributed by atoms with van der Waals surface area (Å²) < 4.78 is 0. The van der Waals surface area contributed by atoms with Gasteiger partial charge in [-0.1, -0.05) is 12.8 Å². The van der Waals surface area contributed by atoms with Crippen LogP contribution >= 0.6 is 0 Å².